The Bertz CT molecular complexity index is 738. The predicted molar refractivity (Wildman–Crippen MR) is 124 cm³/mol. The zero-order valence-corrected chi connectivity index (χ0v) is 20.6. The van der Waals surface area contributed by atoms with E-state index < -0.39 is 5.60 Å². The maximum atomic E-state index is 12.3. The lowest BCUT2D eigenvalue weighted by Crippen LogP contribution is -2.57. The fraction of sp³-hybridized carbons (Fsp3) is 0.579. The van der Waals surface area contributed by atoms with Gasteiger partial charge in [0.2, 0.25) is 0 Å². The van der Waals surface area contributed by atoms with Gasteiger partial charge in [-0.15, -0.1) is 24.0 Å². The number of piperazine rings is 1. The van der Waals surface area contributed by atoms with Gasteiger partial charge in [-0.1, -0.05) is 15.9 Å². The van der Waals surface area contributed by atoms with Crippen LogP contribution in [0.1, 0.15) is 26.3 Å². The first-order valence-electron chi connectivity index (χ1n) is 9.12. The van der Waals surface area contributed by atoms with Gasteiger partial charge in [-0.25, -0.2) is 4.79 Å². The third kappa shape index (κ3) is 5.65. The van der Waals surface area contributed by atoms with Crippen molar-refractivity contribution < 1.29 is 14.3 Å². The van der Waals surface area contributed by atoms with E-state index in [2.05, 4.69) is 31.1 Å². The molecule has 0 spiro atoms. The van der Waals surface area contributed by atoms with Gasteiger partial charge in [0.05, 0.1) is 19.7 Å². The topological polar surface area (TPSA) is 66.4 Å². The molecule has 0 aromatic heterocycles. The average molecular weight is 567 g/mol. The number of ether oxygens (including phenoxy) is 2. The molecule has 1 atom stereocenters. The summed E-state index contributed by atoms with van der Waals surface area (Å²) in [5.74, 6) is 1.72. The van der Waals surface area contributed by atoms with Crippen molar-refractivity contribution in [1.29, 1.82) is 0 Å². The van der Waals surface area contributed by atoms with Crippen LogP contribution < -0.4 is 10.1 Å². The lowest BCUT2D eigenvalue weighted by molar-refractivity contribution is 0.0137. The van der Waals surface area contributed by atoms with Crippen LogP contribution in [0.15, 0.2) is 27.7 Å². The Kier molecular flexibility index (Phi) is 7.83. The lowest BCUT2D eigenvalue weighted by Gasteiger charge is -2.39. The molecule has 0 saturated carbocycles. The van der Waals surface area contributed by atoms with Crippen molar-refractivity contribution >= 4 is 52.0 Å². The van der Waals surface area contributed by atoms with E-state index >= 15 is 0 Å². The molecule has 7 nitrogen and oxygen atoms in total. The SMILES string of the molecule is COc1ccc(Br)cc1CNC1=NCC2CN(C(=O)OC(C)(C)C)CCN12.I. The monoisotopic (exact) mass is 566 g/mol. The molecule has 1 N–H and O–H groups in total. The number of halogens is 2. The number of amides is 1. The summed E-state index contributed by atoms with van der Waals surface area (Å²) >= 11 is 3.50. The van der Waals surface area contributed by atoms with Crippen molar-refractivity contribution in [1.82, 2.24) is 15.1 Å². The van der Waals surface area contributed by atoms with Crippen molar-refractivity contribution in [3.63, 3.8) is 0 Å². The van der Waals surface area contributed by atoms with Gasteiger partial charge in [0, 0.05) is 36.2 Å². The van der Waals surface area contributed by atoms with Gasteiger partial charge < -0.3 is 24.6 Å². The third-order valence-corrected chi connectivity index (χ3v) is 5.03. The summed E-state index contributed by atoms with van der Waals surface area (Å²) in [4.78, 5) is 21.0. The Morgan fingerprint density at radius 3 is 2.79 bits per heavy atom. The predicted octanol–water partition coefficient (Wildman–Crippen LogP) is 3.46. The summed E-state index contributed by atoms with van der Waals surface area (Å²) in [6.07, 6.45) is -0.248. The Labute approximate surface area is 192 Å². The van der Waals surface area contributed by atoms with Crippen LogP contribution in [0, 0.1) is 0 Å². The number of rotatable bonds is 3. The lowest BCUT2D eigenvalue weighted by atomic mass is 10.2. The number of hydrogen-bond acceptors (Lipinski definition) is 6. The highest BCUT2D eigenvalue weighted by atomic mass is 127. The van der Waals surface area contributed by atoms with Crippen LogP contribution in [0.3, 0.4) is 0 Å². The minimum atomic E-state index is -0.476. The van der Waals surface area contributed by atoms with Gasteiger partial charge >= 0.3 is 6.09 Å². The third-order valence-electron chi connectivity index (χ3n) is 4.54. The molecule has 1 unspecified atom stereocenters. The molecule has 28 heavy (non-hydrogen) atoms. The maximum Gasteiger partial charge on any atom is 0.410 e. The molecule has 1 aromatic rings. The molecule has 2 aliphatic heterocycles. The first-order valence-corrected chi connectivity index (χ1v) is 9.91. The first-order chi connectivity index (χ1) is 12.8. The normalized spacial score (nSPS) is 18.8. The minimum absolute atomic E-state index is 0. The fourth-order valence-electron chi connectivity index (χ4n) is 3.28. The zero-order valence-electron chi connectivity index (χ0n) is 16.7. The summed E-state index contributed by atoms with van der Waals surface area (Å²) in [5, 5.41) is 3.42. The molecule has 0 radical (unpaired) electrons. The van der Waals surface area contributed by atoms with Gasteiger partial charge in [0.1, 0.15) is 11.4 Å². The van der Waals surface area contributed by atoms with Crippen molar-refractivity contribution in [2.45, 2.75) is 39.0 Å². The minimum Gasteiger partial charge on any atom is -0.496 e. The number of nitrogens with one attached hydrogen (secondary N) is 1. The number of carbonyl (C=O) groups is 1. The quantitative estimate of drug-likeness (QED) is 0.568. The van der Waals surface area contributed by atoms with E-state index in [0.29, 0.717) is 26.2 Å². The summed E-state index contributed by atoms with van der Waals surface area (Å²) in [6.45, 7) is 8.97. The van der Waals surface area contributed by atoms with Gasteiger partial charge in [-0.3, -0.25) is 4.99 Å². The number of methoxy groups -OCH3 is 1. The van der Waals surface area contributed by atoms with Gasteiger partial charge in [0.15, 0.2) is 5.96 Å². The number of nitrogens with zero attached hydrogens (tertiary/aromatic N) is 3. The summed E-state index contributed by atoms with van der Waals surface area (Å²) in [5.41, 5.74) is 0.585. The van der Waals surface area contributed by atoms with E-state index in [-0.39, 0.29) is 36.1 Å². The standard InChI is InChI=1S/C19H27BrN4O3.HI/c1-19(2,3)27-18(25)23-7-8-24-15(12-23)11-22-17(24)21-10-13-9-14(20)5-6-16(13)26-4;/h5-6,9,15H,7-8,10-12H2,1-4H3,(H,21,22);1H. The van der Waals surface area contributed by atoms with Crippen LogP contribution in [0.4, 0.5) is 4.79 Å². The van der Waals surface area contributed by atoms with Gasteiger partial charge in [0.25, 0.3) is 0 Å². The number of carbonyl (C=O) groups excluding carboxylic acids is 1. The van der Waals surface area contributed by atoms with Crippen molar-refractivity contribution in [3.8, 4) is 5.75 Å². The Morgan fingerprint density at radius 2 is 2.11 bits per heavy atom. The van der Waals surface area contributed by atoms with Gasteiger partial charge in [-0.05, 0) is 39.0 Å². The van der Waals surface area contributed by atoms with E-state index in [1.54, 1.807) is 12.0 Å². The van der Waals surface area contributed by atoms with E-state index in [0.717, 1.165) is 28.3 Å². The van der Waals surface area contributed by atoms with Crippen molar-refractivity contribution in [3.05, 3.63) is 28.2 Å². The molecule has 2 heterocycles. The van der Waals surface area contributed by atoms with Crippen molar-refractivity contribution in [2.24, 2.45) is 4.99 Å². The number of fused-ring (bicyclic) bond motifs is 1. The zero-order chi connectivity index (χ0) is 19.6. The Morgan fingerprint density at radius 1 is 1.36 bits per heavy atom. The smallest absolute Gasteiger partial charge is 0.410 e. The second-order valence-corrected chi connectivity index (χ2v) is 8.66. The van der Waals surface area contributed by atoms with Crippen LogP contribution in [0.5, 0.6) is 5.75 Å². The second-order valence-electron chi connectivity index (χ2n) is 7.75. The summed E-state index contributed by atoms with van der Waals surface area (Å²) in [7, 11) is 1.67. The molecular weight excluding hydrogens is 539 g/mol. The molecular formula is C19H28BrIN4O3. The first kappa shape index (κ1) is 23.1. The number of aliphatic imine (C=N–C) groups is 1. The highest BCUT2D eigenvalue weighted by Crippen LogP contribution is 2.24. The van der Waals surface area contributed by atoms with E-state index in [1.807, 2.05) is 39.0 Å². The molecule has 1 amide bonds. The summed E-state index contributed by atoms with van der Waals surface area (Å²) in [6, 6.07) is 6.14. The number of hydrogen-bond donors (Lipinski definition) is 1. The molecule has 0 bridgehead atoms. The Hall–Kier alpha value is -1.23. The maximum absolute atomic E-state index is 12.3. The number of benzene rings is 1. The second kappa shape index (κ2) is 9.51. The number of guanidine groups is 1. The van der Waals surface area contributed by atoms with E-state index in [4.69, 9.17) is 9.47 Å². The van der Waals surface area contributed by atoms with E-state index in [1.165, 1.54) is 0 Å². The molecule has 156 valence electrons. The molecule has 9 heteroatoms. The van der Waals surface area contributed by atoms with Crippen molar-refractivity contribution in [2.75, 3.05) is 33.3 Å². The molecule has 3 rings (SSSR count). The highest BCUT2D eigenvalue weighted by Gasteiger charge is 2.36. The van der Waals surface area contributed by atoms with Crippen LogP contribution in [-0.4, -0.2) is 66.8 Å². The fourth-order valence-corrected chi connectivity index (χ4v) is 3.69. The molecule has 1 saturated heterocycles. The highest BCUT2D eigenvalue weighted by molar-refractivity contribution is 14.0. The van der Waals surface area contributed by atoms with Gasteiger partial charge in [-0.2, -0.15) is 0 Å². The molecule has 0 aliphatic carbocycles. The van der Waals surface area contributed by atoms with Crippen LogP contribution in [-0.2, 0) is 11.3 Å². The molecule has 1 aromatic carbocycles. The Balaban J connectivity index is 0.00000280. The van der Waals surface area contributed by atoms with E-state index in [9.17, 15) is 4.79 Å². The van der Waals surface area contributed by atoms with Crippen LogP contribution >= 0.6 is 39.9 Å². The summed E-state index contributed by atoms with van der Waals surface area (Å²) < 4.78 is 11.9. The average Bonchev–Trinajstić information content (AvgIpc) is 3.01. The van der Waals surface area contributed by atoms with Crippen LogP contribution in [0.2, 0.25) is 0 Å². The largest absolute Gasteiger partial charge is 0.496 e. The van der Waals surface area contributed by atoms with Crippen LogP contribution in [0.25, 0.3) is 0 Å². The molecule has 1 fully saturated rings. The molecule has 2 aliphatic rings.